The lowest BCUT2D eigenvalue weighted by atomic mass is 10.1. The summed E-state index contributed by atoms with van der Waals surface area (Å²) >= 11 is 0. The Labute approximate surface area is 96.7 Å². The molecule has 0 aliphatic carbocycles. The summed E-state index contributed by atoms with van der Waals surface area (Å²) in [5.41, 5.74) is 8.18. The molecular weight excluding hydrogens is 214 g/mol. The quantitative estimate of drug-likeness (QED) is 0.179. The maximum atomic E-state index is 8.18. The largest absolute Gasteiger partial charge is 1.00 e. The topological polar surface area (TPSA) is 52.0 Å². The molecule has 86 valence electrons. The van der Waals surface area contributed by atoms with Gasteiger partial charge in [-0.15, -0.1) is 0 Å². The van der Waals surface area contributed by atoms with Gasteiger partial charge >= 0.3 is 0 Å². The van der Waals surface area contributed by atoms with Crippen LogP contribution in [0.15, 0.2) is 5.11 Å². The smallest absolute Gasteiger partial charge is 0.0916 e. The minimum absolute atomic E-state index is 0. The zero-order valence-corrected chi connectivity index (χ0v) is 9.73. The molecule has 2 bridgehead atoms. The highest BCUT2D eigenvalue weighted by molar-refractivity contribution is 4.70. The Kier molecular flexibility index (Phi) is 4.67. The van der Waals surface area contributed by atoms with Crippen molar-refractivity contribution >= 4 is 0 Å². The lowest BCUT2D eigenvalue weighted by Gasteiger charge is -2.50. The first kappa shape index (κ1) is 12.6. The fourth-order valence-electron chi connectivity index (χ4n) is 2.59. The van der Waals surface area contributed by atoms with Gasteiger partial charge in [-0.05, 0) is 5.53 Å². The van der Waals surface area contributed by atoms with Gasteiger partial charge in [0.1, 0.15) is 0 Å². The van der Waals surface area contributed by atoms with Crippen LogP contribution in [0.25, 0.3) is 10.4 Å². The number of halogens is 1. The van der Waals surface area contributed by atoms with Crippen molar-refractivity contribution in [1.29, 1.82) is 0 Å². The van der Waals surface area contributed by atoms with Crippen LogP contribution < -0.4 is 12.4 Å². The van der Waals surface area contributed by atoms with E-state index < -0.39 is 0 Å². The zero-order chi connectivity index (χ0) is 9.86. The Morgan fingerprint density at radius 2 is 1.80 bits per heavy atom. The number of hydrogen-bond donors (Lipinski definition) is 0. The molecular formula is C9H18ClN5. The summed E-state index contributed by atoms with van der Waals surface area (Å²) in [6.07, 6.45) is 1.05. The molecule has 0 N–H and O–H groups in total. The molecule has 0 spiro atoms. The predicted octanol–water partition coefficient (Wildman–Crippen LogP) is -2.16. The van der Waals surface area contributed by atoms with Gasteiger partial charge in [-0.25, -0.2) is 0 Å². The molecule has 0 radical (unpaired) electrons. The van der Waals surface area contributed by atoms with E-state index in [1.807, 2.05) is 0 Å². The van der Waals surface area contributed by atoms with Crippen molar-refractivity contribution in [3.63, 3.8) is 0 Å². The monoisotopic (exact) mass is 231 g/mol. The van der Waals surface area contributed by atoms with Crippen LogP contribution in [0.4, 0.5) is 0 Å². The van der Waals surface area contributed by atoms with Crippen molar-refractivity contribution in [3.8, 4) is 0 Å². The number of quaternary nitrogens is 1. The van der Waals surface area contributed by atoms with Crippen LogP contribution in [-0.2, 0) is 0 Å². The maximum absolute atomic E-state index is 8.18. The summed E-state index contributed by atoms with van der Waals surface area (Å²) in [6, 6.07) is 0. The molecule has 0 aromatic rings. The van der Waals surface area contributed by atoms with Crippen LogP contribution in [0.3, 0.4) is 0 Å². The lowest BCUT2D eigenvalue weighted by Crippen LogP contribution is -3.00. The molecule has 0 unspecified atom stereocenters. The van der Waals surface area contributed by atoms with Gasteiger partial charge < -0.3 is 16.9 Å². The van der Waals surface area contributed by atoms with E-state index in [9.17, 15) is 0 Å². The molecule has 0 aromatic carbocycles. The van der Waals surface area contributed by atoms with Gasteiger partial charge in [0.25, 0.3) is 0 Å². The van der Waals surface area contributed by atoms with Crippen LogP contribution in [0.5, 0.6) is 0 Å². The first-order valence-electron chi connectivity index (χ1n) is 5.43. The second-order valence-electron chi connectivity index (χ2n) is 4.39. The maximum Gasteiger partial charge on any atom is 0.0916 e. The molecule has 3 heterocycles. The van der Waals surface area contributed by atoms with E-state index >= 15 is 0 Å². The first-order chi connectivity index (χ1) is 6.85. The first-order valence-corrected chi connectivity index (χ1v) is 5.43. The number of azide groups is 1. The van der Waals surface area contributed by atoms with E-state index in [0.717, 1.165) is 6.42 Å². The van der Waals surface area contributed by atoms with Gasteiger partial charge in [0.15, 0.2) is 0 Å². The molecule has 0 atom stereocenters. The van der Waals surface area contributed by atoms with Crippen LogP contribution in [-0.4, -0.2) is 61.7 Å². The molecule has 0 aromatic heterocycles. The average molecular weight is 232 g/mol. The lowest BCUT2D eigenvalue weighted by molar-refractivity contribution is -0.941. The van der Waals surface area contributed by atoms with Gasteiger partial charge in [-0.2, -0.15) is 0 Å². The summed E-state index contributed by atoms with van der Waals surface area (Å²) < 4.78 is 1.28. The van der Waals surface area contributed by atoms with Crippen LogP contribution in [0.1, 0.15) is 6.42 Å². The summed E-state index contributed by atoms with van der Waals surface area (Å²) in [5, 5.41) is 3.59. The van der Waals surface area contributed by atoms with E-state index in [-0.39, 0.29) is 12.4 Å². The summed E-state index contributed by atoms with van der Waals surface area (Å²) in [5.74, 6) is 0. The third-order valence-corrected chi connectivity index (χ3v) is 3.63. The molecule has 0 amide bonds. The molecule has 5 nitrogen and oxygen atoms in total. The van der Waals surface area contributed by atoms with E-state index in [0.29, 0.717) is 6.54 Å². The summed E-state index contributed by atoms with van der Waals surface area (Å²) in [7, 11) is 0. The average Bonchev–Trinajstić information content (AvgIpc) is 2.27. The number of piperazine rings is 3. The fourth-order valence-corrected chi connectivity index (χ4v) is 2.59. The molecule has 3 fully saturated rings. The van der Waals surface area contributed by atoms with E-state index in [1.54, 1.807) is 0 Å². The minimum Gasteiger partial charge on any atom is -1.00 e. The predicted molar refractivity (Wildman–Crippen MR) is 54.8 cm³/mol. The molecule has 3 rings (SSSR count). The number of rotatable bonds is 4. The van der Waals surface area contributed by atoms with Gasteiger partial charge in [0.2, 0.25) is 0 Å². The van der Waals surface area contributed by atoms with Crippen molar-refractivity contribution < 1.29 is 16.9 Å². The van der Waals surface area contributed by atoms with Crippen LogP contribution in [0.2, 0.25) is 0 Å². The number of fused-ring (bicyclic) bond motifs is 3. The van der Waals surface area contributed by atoms with Crippen molar-refractivity contribution in [3.05, 3.63) is 10.4 Å². The normalized spacial score (nSPS) is 32.9. The molecule has 0 saturated carbocycles. The highest BCUT2D eigenvalue weighted by Crippen LogP contribution is 2.19. The second-order valence-corrected chi connectivity index (χ2v) is 4.39. The van der Waals surface area contributed by atoms with E-state index in [1.165, 1.54) is 50.3 Å². The Balaban J connectivity index is 0.00000112. The van der Waals surface area contributed by atoms with Crippen molar-refractivity contribution in [1.82, 2.24) is 4.90 Å². The van der Waals surface area contributed by atoms with Crippen LogP contribution in [0, 0.1) is 0 Å². The Bertz CT molecular complexity index is 229. The van der Waals surface area contributed by atoms with Crippen molar-refractivity contribution in [2.75, 3.05) is 52.4 Å². The summed E-state index contributed by atoms with van der Waals surface area (Å²) in [6.45, 7) is 9.57. The standard InChI is InChI=1S/C9H18N5.ClH/c10-12-11-2-1-6-14-7-3-13(4-8-14)5-9-14;/h1-9H2;1H/q+1;/p-1. The fraction of sp³-hybridized carbons (Fsp3) is 1.00. The zero-order valence-electron chi connectivity index (χ0n) is 8.98. The Morgan fingerprint density at radius 3 is 2.33 bits per heavy atom. The Morgan fingerprint density at radius 1 is 1.20 bits per heavy atom. The van der Waals surface area contributed by atoms with Crippen LogP contribution >= 0.6 is 0 Å². The molecule has 3 saturated heterocycles. The highest BCUT2D eigenvalue weighted by Gasteiger charge is 2.37. The molecule has 6 heteroatoms. The molecule has 15 heavy (non-hydrogen) atoms. The van der Waals surface area contributed by atoms with E-state index in [4.69, 9.17) is 5.53 Å². The SMILES string of the molecule is [Cl-].[N-]=[N+]=NCCC[N+]12CCN(CC1)CC2. The number of hydrogen-bond acceptors (Lipinski definition) is 2. The third-order valence-electron chi connectivity index (χ3n) is 3.63. The van der Waals surface area contributed by atoms with Crippen molar-refractivity contribution in [2.45, 2.75) is 6.42 Å². The third kappa shape index (κ3) is 2.98. The van der Waals surface area contributed by atoms with Gasteiger partial charge in [0, 0.05) is 37.5 Å². The highest BCUT2D eigenvalue weighted by atomic mass is 35.5. The van der Waals surface area contributed by atoms with Gasteiger partial charge in [0.05, 0.1) is 26.2 Å². The minimum atomic E-state index is 0. The Hall–Kier alpha value is -0.480. The van der Waals surface area contributed by atoms with Gasteiger partial charge in [-0.3, -0.25) is 4.90 Å². The van der Waals surface area contributed by atoms with Gasteiger partial charge in [-0.1, -0.05) is 5.11 Å². The number of nitrogens with zero attached hydrogens (tertiary/aromatic N) is 5. The summed E-state index contributed by atoms with van der Waals surface area (Å²) in [4.78, 5) is 5.34. The van der Waals surface area contributed by atoms with Crippen molar-refractivity contribution in [2.24, 2.45) is 5.11 Å². The second kappa shape index (κ2) is 5.56. The van der Waals surface area contributed by atoms with E-state index in [2.05, 4.69) is 14.9 Å². The molecule has 3 aliphatic heterocycles. The molecule has 3 aliphatic rings.